The second-order valence-electron chi connectivity index (χ2n) is 8.23. The van der Waals surface area contributed by atoms with Gasteiger partial charge in [0.1, 0.15) is 11.5 Å². The Labute approximate surface area is 207 Å². The van der Waals surface area contributed by atoms with Crippen molar-refractivity contribution < 1.29 is 9.47 Å². The number of hydrogen-bond donors (Lipinski definition) is 0. The van der Waals surface area contributed by atoms with Crippen LogP contribution in [0.1, 0.15) is 56.7 Å². The minimum Gasteiger partial charge on any atom is -0.497 e. The molecule has 0 amide bonds. The fourth-order valence-corrected chi connectivity index (χ4v) is 5.42. The number of benzene rings is 3. The fraction of sp³-hybridized carbons (Fsp3) is 0.379. The zero-order valence-electron chi connectivity index (χ0n) is 20.1. The maximum Gasteiger partial charge on any atom is 0.136 e. The highest BCUT2D eigenvalue weighted by atomic mass is 127. The van der Waals surface area contributed by atoms with Gasteiger partial charge in [0, 0.05) is 11.6 Å². The molecule has 170 valence electrons. The van der Waals surface area contributed by atoms with Crippen molar-refractivity contribution in [3.05, 3.63) is 68.8 Å². The van der Waals surface area contributed by atoms with E-state index in [9.17, 15) is 0 Å². The van der Waals surface area contributed by atoms with Crippen LogP contribution >= 0.6 is 22.6 Å². The minimum absolute atomic E-state index is 0.834. The van der Waals surface area contributed by atoms with Crippen molar-refractivity contribution in [1.82, 2.24) is 0 Å². The molecule has 0 aliphatic rings. The molecule has 0 saturated heterocycles. The zero-order valence-corrected chi connectivity index (χ0v) is 22.2. The van der Waals surface area contributed by atoms with Gasteiger partial charge in [0.2, 0.25) is 0 Å². The summed E-state index contributed by atoms with van der Waals surface area (Å²) in [6.45, 7) is 6.82. The fourth-order valence-electron chi connectivity index (χ4n) is 4.62. The predicted octanol–water partition coefficient (Wildman–Crippen LogP) is 8.50. The quantitative estimate of drug-likeness (QED) is 0.239. The second-order valence-corrected chi connectivity index (χ2v) is 9.31. The Bertz CT molecular complexity index is 1040. The molecule has 32 heavy (non-hydrogen) atoms. The Hall–Kier alpha value is -2.01. The maximum atomic E-state index is 5.74. The first-order valence-electron chi connectivity index (χ1n) is 11.7. The summed E-state index contributed by atoms with van der Waals surface area (Å²) < 4.78 is 12.5. The van der Waals surface area contributed by atoms with E-state index >= 15 is 0 Å². The van der Waals surface area contributed by atoms with Gasteiger partial charge < -0.3 is 9.47 Å². The molecule has 0 aromatic heterocycles. The summed E-state index contributed by atoms with van der Waals surface area (Å²) in [6.07, 6.45) is 6.56. The van der Waals surface area contributed by atoms with Crippen LogP contribution in [0.3, 0.4) is 0 Å². The molecular weight excluding hydrogens is 507 g/mol. The van der Waals surface area contributed by atoms with Gasteiger partial charge in [-0.25, -0.2) is 0 Å². The van der Waals surface area contributed by atoms with Gasteiger partial charge in [-0.3, -0.25) is 0 Å². The molecule has 0 atom stereocenters. The molecule has 0 heterocycles. The van der Waals surface area contributed by atoms with E-state index in [2.05, 4.69) is 85.8 Å². The molecule has 0 radical (unpaired) electrons. The minimum atomic E-state index is 0.834. The van der Waals surface area contributed by atoms with Gasteiger partial charge in [-0.1, -0.05) is 76.4 Å². The molecular formula is C29H35IO2. The number of halogens is 1. The van der Waals surface area contributed by atoms with Crippen molar-refractivity contribution in [2.75, 3.05) is 14.2 Å². The zero-order chi connectivity index (χ0) is 23.1. The predicted molar refractivity (Wildman–Crippen MR) is 145 cm³/mol. The van der Waals surface area contributed by atoms with Crippen LogP contribution < -0.4 is 9.47 Å². The van der Waals surface area contributed by atoms with Crippen LogP contribution in [0.4, 0.5) is 0 Å². The normalized spacial score (nSPS) is 10.9. The van der Waals surface area contributed by atoms with E-state index in [-0.39, 0.29) is 0 Å². The summed E-state index contributed by atoms with van der Waals surface area (Å²) in [7, 11) is 3.46. The number of rotatable bonds is 10. The van der Waals surface area contributed by atoms with E-state index in [0.717, 1.165) is 53.6 Å². The Kier molecular flexibility index (Phi) is 9.03. The molecule has 0 aliphatic heterocycles. The van der Waals surface area contributed by atoms with Crippen LogP contribution in [0.5, 0.6) is 11.5 Å². The Morgan fingerprint density at radius 2 is 1.34 bits per heavy atom. The number of methoxy groups -OCH3 is 2. The van der Waals surface area contributed by atoms with Gasteiger partial charge in [-0.05, 0) is 81.3 Å². The summed E-state index contributed by atoms with van der Waals surface area (Å²) >= 11 is 2.44. The third kappa shape index (κ3) is 5.14. The van der Waals surface area contributed by atoms with Gasteiger partial charge in [-0.2, -0.15) is 0 Å². The van der Waals surface area contributed by atoms with Gasteiger partial charge in [-0.15, -0.1) is 0 Å². The molecule has 0 aliphatic carbocycles. The summed E-state index contributed by atoms with van der Waals surface area (Å²) in [6, 6.07) is 17.6. The van der Waals surface area contributed by atoms with Crippen LogP contribution in [-0.2, 0) is 19.3 Å². The first kappa shape index (κ1) is 24.6. The van der Waals surface area contributed by atoms with E-state index in [1.165, 1.54) is 38.9 Å². The molecule has 3 rings (SSSR count). The maximum absolute atomic E-state index is 5.74. The van der Waals surface area contributed by atoms with E-state index in [1.54, 1.807) is 14.2 Å². The third-order valence-electron chi connectivity index (χ3n) is 5.93. The lowest BCUT2D eigenvalue weighted by Crippen LogP contribution is -2.06. The molecule has 3 aromatic carbocycles. The van der Waals surface area contributed by atoms with Crippen LogP contribution in [0.25, 0.3) is 22.3 Å². The largest absolute Gasteiger partial charge is 0.497 e. The second kappa shape index (κ2) is 11.7. The Morgan fingerprint density at radius 1 is 0.719 bits per heavy atom. The standard InChI is InChI=1S/C29H35IO2/c1-6-12-21-17-22(13-7-2)28(25-18-23(31-4)19-26(32-5)29(25)30)24(14-8-3)27(21)20-15-10-9-11-16-20/h9-11,15-19H,6-8,12-14H2,1-5H3. The Morgan fingerprint density at radius 3 is 1.91 bits per heavy atom. The first-order chi connectivity index (χ1) is 15.6. The smallest absolute Gasteiger partial charge is 0.136 e. The van der Waals surface area contributed by atoms with Gasteiger partial charge >= 0.3 is 0 Å². The highest BCUT2D eigenvalue weighted by molar-refractivity contribution is 14.1. The summed E-state index contributed by atoms with van der Waals surface area (Å²) in [5, 5.41) is 0. The van der Waals surface area contributed by atoms with Crippen LogP contribution in [0.2, 0.25) is 0 Å². The van der Waals surface area contributed by atoms with Crippen LogP contribution in [0.15, 0.2) is 48.5 Å². The van der Waals surface area contributed by atoms with Crippen molar-refractivity contribution in [1.29, 1.82) is 0 Å². The lowest BCUT2D eigenvalue weighted by atomic mass is 9.81. The highest BCUT2D eigenvalue weighted by Crippen LogP contribution is 2.44. The lowest BCUT2D eigenvalue weighted by molar-refractivity contribution is 0.393. The molecule has 0 fully saturated rings. The summed E-state index contributed by atoms with van der Waals surface area (Å²) in [4.78, 5) is 0. The molecule has 0 saturated carbocycles. The van der Waals surface area contributed by atoms with Crippen molar-refractivity contribution in [2.24, 2.45) is 0 Å². The molecule has 3 aromatic rings. The van der Waals surface area contributed by atoms with Crippen LogP contribution in [0, 0.1) is 3.57 Å². The molecule has 3 heteroatoms. The topological polar surface area (TPSA) is 18.5 Å². The molecule has 0 bridgehead atoms. The molecule has 0 N–H and O–H groups in total. The van der Waals surface area contributed by atoms with Gasteiger partial charge in [0.05, 0.1) is 17.8 Å². The van der Waals surface area contributed by atoms with E-state index in [0.29, 0.717) is 0 Å². The number of hydrogen-bond acceptors (Lipinski definition) is 2. The summed E-state index contributed by atoms with van der Waals surface area (Å²) in [5.41, 5.74) is 9.69. The highest BCUT2D eigenvalue weighted by Gasteiger charge is 2.23. The lowest BCUT2D eigenvalue weighted by Gasteiger charge is -2.24. The van der Waals surface area contributed by atoms with Crippen molar-refractivity contribution in [3.8, 4) is 33.8 Å². The molecule has 0 spiro atoms. The summed E-state index contributed by atoms with van der Waals surface area (Å²) in [5.74, 6) is 1.70. The van der Waals surface area contributed by atoms with Crippen LogP contribution in [-0.4, -0.2) is 14.2 Å². The number of ether oxygens (including phenoxy) is 2. The van der Waals surface area contributed by atoms with Crippen molar-refractivity contribution in [3.63, 3.8) is 0 Å². The monoisotopic (exact) mass is 542 g/mol. The average Bonchev–Trinajstić information content (AvgIpc) is 2.81. The Balaban J connectivity index is 2.46. The third-order valence-corrected chi connectivity index (χ3v) is 7.05. The van der Waals surface area contributed by atoms with Crippen molar-refractivity contribution >= 4 is 22.6 Å². The van der Waals surface area contributed by atoms with Crippen molar-refractivity contribution in [2.45, 2.75) is 59.3 Å². The molecule has 2 nitrogen and oxygen atoms in total. The van der Waals surface area contributed by atoms with E-state index in [1.807, 2.05) is 6.07 Å². The molecule has 0 unspecified atom stereocenters. The first-order valence-corrected chi connectivity index (χ1v) is 12.8. The van der Waals surface area contributed by atoms with Gasteiger partial charge in [0.15, 0.2) is 0 Å². The van der Waals surface area contributed by atoms with E-state index in [4.69, 9.17) is 9.47 Å². The SMILES string of the molecule is CCCc1cc(CCC)c(-c2cc(OC)cc(OC)c2I)c(CCC)c1-c1ccccc1. The van der Waals surface area contributed by atoms with E-state index < -0.39 is 0 Å². The van der Waals surface area contributed by atoms with Gasteiger partial charge in [0.25, 0.3) is 0 Å². The number of aryl methyl sites for hydroxylation is 2. The average molecular weight is 543 g/mol.